The molecule has 0 spiro atoms. The smallest absolute Gasteiger partial charge is 0.331 e. The van der Waals surface area contributed by atoms with E-state index in [0.717, 1.165) is 6.42 Å². The van der Waals surface area contributed by atoms with Gasteiger partial charge in [-0.3, -0.25) is 0 Å². The average molecular weight is 194 g/mol. The summed E-state index contributed by atoms with van der Waals surface area (Å²) in [4.78, 5) is 10.7. The minimum Gasteiger partial charge on any atom is -0.451 e. The summed E-state index contributed by atoms with van der Waals surface area (Å²) in [7, 11) is 0. The standard InChI is InChI=1S/C12H18O2/c1-2-3-4-5-6-7-8-11-9-10-12(13)14-11/h7-11H,2-6H2,1H3. The highest BCUT2D eigenvalue weighted by molar-refractivity contribution is 5.84. The van der Waals surface area contributed by atoms with E-state index in [9.17, 15) is 4.79 Å². The minimum absolute atomic E-state index is 0.117. The second-order valence-corrected chi connectivity index (χ2v) is 3.54. The van der Waals surface area contributed by atoms with Gasteiger partial charge in [0.2, 0.25) is 0 Å². The molecule has 0 amide bonds. The maximum absolute atomic E-state index is 10.7. The van der Waals surface area contributed by atoms with Gasteiger partial charge in [0, 0.05) is 6.08 Å². The summed E-state index contributed by atoms with van der Waals surface area (Å²) in [5, 5.41) is 0. The number of esters is 1. The van der Waals surface area contributed by atoms with E-state index in [0.29, 0.717) is 0 Å². The zero-order valence-electron chi connectivity index (χ0n) is 8.74. The number of hydrogen-bond acceptors (Lipinski definition) is 2. The van der Waals surface area contributed by atoms with Crippen molar-refractivity contribution in [2.24, 2.45) is 0 Å². The van der Waals surface area contributed by atoms with Crippen molar-refractivity contribution in [3.05, 3.63) is 24.3 Å². The van der Waals surface area contributed by atoms with Crippen molar-refractivity contribution in [2.45, 2.75) is 45.1 Å². The Morgan fingerprint density at radius 2 is 2.29 bits per heavy atom. The van der Waals surface area contributed by atoms with E-state index in [-0.39, 0.29) is 12.1 Å². The Labute approximate surface area is 85.6 Å². The maximum Gasteiger partial charge on any atom is 0.331 e. The predicted molar refractivity (Wildman–Crippen MR) is 56.9 cm³/mol. The van der Waals surface area contributed by atoms with Gasteiger partial charge < -0.3 is 4.74 Å². The molecule has 0 fully saturated rings. The van der Waals surface area contributed by atoms with Gasteiger partial charge in [-0.1, -0.05) is 32.3 Å². The third kappa shape index (κ3) is 4.26. The summed E-state index contributed by atoms with van der Waals surface area (Å²) >= 11 is 0. The Kier molecular flexibility index (Phi) is 5.05. The fourth-order valence-electron chi connectivity index (χ4n) is 1.41. The monoisotopic (exact) mass is 194 g/mol. The average Bonchev–Trinajstić information content (AvgIpc) is 2.58. The summed E-state index contributed by atoms with van der Waals surface area (Å²) in [6, 6.07) is 0. The molecule has 1 atom stereocenters. The van der Waals surface area contributed by atoms with Crippen molar-refractivity contribution >= 4 is 5.97 Å². The lowest BCUT2D eigenvalue weighted by atomic mass is 10.1. The van der Waals surface area contributed by atoms with Crippen LogP contribution in [0.4, 0.5) is 0 Å². The van der Waals surface area contributed by atoms with Crippen LogP contribution in [0, 0.1) is 0 Å². The van der Waals surface area contributed by atoms with Gasteiger partial charge >= 0.3 is 5.97 Å². The van der Waals surface area contributed by atoms with Crippen LogP contribution >= 0.6 is 0 Å². The lowest BCUT2D eigenvalue weighted by Crippen LogP contribution is -2.03. The second-order valence-electron chi connectivity index (χ2n) is 3.54. The highest BCUT2D eigenvalue weighted by Gasteiger charge is 2.12. The number of cyclic esters (lactones) is 1. The minimum atomic E-state index is -0.231. The summed E-state index contributed by atoms with van der Waals surface area (Å²) in [5.74, 6) is -0.231. The van der Waals surface area contributed by atoms with Gasteiger partial charge in [-0.2, -0.15) is 0 Å². The van der Waals surface area contributed by atoms with Gasteiger partial charge in [0.05, 0.1) is 0 Å². The zero-order valence-corrected chi connectivity index (χ0v) is 8.74. The lowest BCUT2D eigenvalue weighted by Gasteiger charge is -2.00. The Balaban J connectivity index is 2.03. The van der Waals surface area contributed by atoms with Crippen LogP contribution < -0.4 is 0 Å². The molecular weight excluding hydrogens is 176 g/mol. The summed E-state index contributed by atoms with van der Waals surface area (Å²) in [5.41, 5.74) is 0. The molecule has 0 N–H and O–H groups in total. The number of allylic oxidation sites excluding steroid dienone is 1. The van der Waals surface area contributed by atoms with E-state index in [2.05, 4.69) is 13.0 Å². The molecule has 1 aliphatic rings. The van der Waals surface area contributed by atoms with Gasteiger partial charge in [0.25, 0.3) is 0 Å². The fraction of sp³-hybridized carbons (Fsp3) is 0.583. The molecule has 1 rings (SSSR count). The van der Waals surface area contributed by atoms with Gasteiger partial charge in [0.15, 0.2) is 0 Å². The van der Waals surface area contributed by atoms with Gasteiger partial charge in [-0.05, 0) is 25.0 Å². The van der Waals surface area contributed by atoms with Crippen LogP contribution in [0.1, 0.15) is 39.0 Å². The normalized spacial score (nSPS) is 20.6. The molecule has 0 saturated heterocycles. The molecule has 0 aromatic carbocycles. The van der Waals surface area contributed by atoms with Crippen molar-refractivity contribution in [3.8, 4) is 0 Å². The number of carbonyl (C=O) groups excluding carboxylic acids is 1. The second kappa shape index (κ2) is 6.41. The Morgan fingerprint density at radius 3 is 2.93 bits per heavy atom. The van der Waals surface area contributed by atoms with Crippen LogP contribution in [0.2, 0.25) is 0 Å². The molecule has 0 aromatic rings. The number of carbonyl (C=O) groups is 1. The Morgan fingerprint density at radius 1 is 1.43 bits per heavy atom. The first-order valence-corrected chi connectivity index (χ1v) is 5.38. The number of ether oxygens (including phenoxy) is 1. The summed E-state index contributed by atoms with van der Waals surface area (Å²) in [6.07, 6.45) is 13.4. The fourth-order valence-corrected chi connectivity index (χ4v) is 1.41. The molecule has 1 unspecified atom stereocenters. The quantitative estimate of drug-likeness (QED) is 0.369. The third-order valence-corrected chi connectivity index (χ3v) is 2.22. The summed E-state index contributed by atoms with van der Waals surface area (Å²) < 4.78 is 4.95. The summed E-state index contributed by atoms with van der Waals surface area (Å²) in [6.45, 7) is 2.21. The third-order valence-electron chi connectivity index (χ3n) is 2.22. The molecule has 1 aliphatic heterocycles. The zero-order chi connectivity index (χ0) is 10.2. The van der Waals surface area contributed by atoms with Crippen molar-refractivity contribution in [1.82, 2.24) is 0 Å². The number of unbranched alkanes of at least 4 members (excludes halogenated alkanes) is 4. The van der Waals surface area contributed by atoms with E-state index in [1.54, 1.807) is 6.08 Å². The SMILES string of the molecule is CCCCCCC=CC1C=CC(=O)O1. The van der Waals surface area contributed by atoms with Gasteiger partial charge in [0.1, 0.15) is 6.10 Å². The Bertz CT molecular complexity index is 228. The van der Waals surface area contributed by atoms with Crippen molar-refractivity contribution in [1.29, 1.82) is 0 Å². The Hall–Kier alpha value is -1.05. The van der Waals surface area contributed by atoms with E-state index in [1.165, 1.54) is 31.8 Å². The first kappa shape index (κ1) is 11.0. The van der Waals surface area contributed by atoms with Crippen molar-refractivity contribution in [2.75, 3.05) is 0 Å². The predicted octanol–water partition coefficient (Wildman–Crippen LogP) is 2.99. The first-order chi connectivity index (χ1) is 6.83. The molecule has 2 heteroatoms. The first-order valence-electron chi connectivity index (χ1n) is 5.38. The van der Waals surface area contributed by atoms with Gasteiger partial charge in [-0.25, -0.2) is 4.79 Å². The molecule has 14 heavy (non-hydrogen) atoms. The van der Waals surface area contributed by atoms with Crippen LogP contribution in [0.15, 0.2) is 24.3 Å². The van der Waals surface area contributed by atoms with Crippen molar-refractivity contribution in [3.63, 3.8) is 0 Å². The van der Waals surface area contributed by atoms with Crippen LogP contribution in [0.25, 0.3) is 0 Å². The van der Waals surface area contributed by atoms with E-state index < -0.39 is 0 Å². The molecule has 0 bridgehead atoms. The van der Waals surface area contributed by atoms with Crippen molar-refractivity contribution < 1.29 is 9.53 Å². The van der Waals surface area contributed by atoms with Crippen LogP contribution in [-0.2, 0) is 9.53 Å². The largest absolute Gasteiger partial charge is 0.451 e. The highest BCUT2D eigenvalue weighted by atomic mass is 16.5. The number of hydrogen-bond donors (Lipinski definition) is 0. The lowest BCUT2D eigenvalue weighted by molar-refractivity contribution is -0.137. The topological polar surface area (TPSA) is 26.3 Å². The molecule has 0 aliphatic carbocycles. The molecular formula is C12H18O2. The van der Waals surface area contributed by atoms with E-state index in [4.69, 9.17) is 4.74 Å². The van der Waals surface area contributed by atoms with Gasteiger partial charge in [-0.15, -0.1) is 0 Å². The molecule has 0 saturated carbocycles. The molecule has 1 heterocycles. The van der Waals surface area contributed by atoms with E-state index in [1.807, 2.05) is 6.08 Å². The van der Waals surface area contributed by atoms with Crippen LogP contribution in [0.3, 0.4) is 0 Å². The maximum atomic E-state index is 10.7. The number of rotatable bonds is 6. The van der Waals surface area contributed by atoms with Crippen LogP contribution in [0.5, 0.6) is 0 Å². The highest BCUT2D eigenvalue weighted by Crippen LogP contribution is 2.08. The van der Waals surface area contributed by atoms with E-state index >= 15 is 0 Å². The van der Waals surface area contributed by atoms with Crippen LogP contribution in [-0.4, -0.2) is 12.1 Å². The molecule has 0 radical (unpaired) electrons. The molecule has 78 valence electrons. The molecule has 2 nitrogen and oxygen atoms in total. The molecule has 0 aromatic heterocycles.